The SMILES string of the molecule is CC(C)N(CCO)C(=O)c1ccc(C#CCO)c(F)c1. The van der Waals surface area contributed by atoms with E-state index >= 15 is 0 Å². The van der Waals surface area contributed by atoms with E-state index in [1.54, 1.807) is 0 Å². The third kappa shape index (κ3) is 4.05. The lowest BCUT2D eigenvalue weighted by atomic mass is 10.1. The van der Waals surface area contributed by atoms with Crippen LogP contribution in [-0.2, 0) is 0 Å². The van der Waals surface area contributed by atoms with Gasteiger partial charge in [-0.2, -0.15) is 0 Å². The highest BCUT2D eigenvalue weighted by atomic mass is 19.1. The molecule has 0 aliphatic carbocycles. The molecule has 1 aromatic carbocycles. The van der Waals surface area contributed by atoms with E-state index in [1.807, 2.05) is 13.8 Å². The number of carbonyl (C=O) groups is 1. The lowest BCUT2D eigenvalue weighted by Gasteiger charge is -2.26. The van der Waals surface area contributed by atoms with E-state index in [0.717, 1.165) is 6.07 Å². The van der Waals surface area contributed by atoms with E-state index in [2.05, 4.69) is 11.8 Å². The topological polar surface area (TPSA) is 60.8 Å². The number of carbonyl (C=O) groups excluding carboxylic acids is 1. The maximum absolute atomic E-state index is 13.8. The summed E-state index contributed by atoms with van der Waals surface area (Å²) < 4.78 is 13.8. The maximum atomic E-state index is 13.8. The molecular weight excluding hydrogens is 261 g/mol. The minimum Gasteiger partial charge on any atom is -0.395 e. The first-order valence-electron chi connectivity index (χ1n) is 6.32. The molecule has 1 amide bonds. The molecule has 108 valence electrons. The maximum Gasteiger partial charge on any atom is 0.254 e. The summed E-state index contributed by atoms with van der Waals surface area (Å²) in [6.45, 7) is 3.35. The fraction of sp³-hybridized carbons (Fsp3) is 0.400. The van der Waals surface area contributed by atoms with Crippen LogP contribution in [0.4, 0.5) is 4.39 Å². The fourth-order valence-electron chi connectivity index (χ4n) is 1.75. The highest BCUT2D eigenvalue weighted by Gasteiger charge is 2.19. The van der Waals surface area contributed by atoms with Crippen LogP contribution in [0.3, 0.4) is 0 Å². The zero-order valence-corrected chi connectivity index (χ0v) is 11.6. The summed E-state index contributed by atoms with van der Waals surface area (Å²) in [6.07, 6.45) is 0. The van der Waals surface area contributed by atoms with Crippen LogP contribution < -0.4 is 0 Å². The van der Waals surface area contributed by atoms with Crippen LogP contribution in [0.15, 0.2) is 18.2 Å². The molecule has 0 unspecified atom stereocenters. The highest BCUT2D eigenvalue weighted by molar-refractivity contribution is 5.94. The predicted octanol–water partition coefficient (Wildman–Crippen LogP) is 1.01. The van der Waals surface area contributed by atoms with E-state index in [1.165, 1.54) is 17.0 Å². The quantitative estimate of drug-likeness (QED) is 0.809. The van der Waals surface area contributed by atoms with Gasteiger partial charge in [0.1, 0.15) is 12.4 Å². The van der Waals surface area contributed by atoms with Crippen LogP contribution >= 0.6 is 0 Å². The van der Waals surface area contributed by atoms with Gasteiger partial charge in [0.15, 0.2) is 0 Å². The van der Waals surface area contributed by atoms with Gasteiger partial charge in [0.25, 0.3) is 5.91 Å². The summed E-state index contributed by atoms with van der Waals surface area (Å²) in [5.74, 6) is 3.87. The smallest absolute Gasteiger partial charge is 0.254 e. The molecule has 0 spiro atoms. The molecule has 0 bridgehead atoms. The molecule has 1 aromatic rings. The normalized spacial score (nSPS) is 10.1. The van der Waals surface area contributed by atoms with Gasteiger partial charge < -0.3 is 15.1 Å². The third-order valence-electron chi connectivity index (χ3n) is 2.74. The van der Waals surface area contributed by atoms with Gasteiger partial charge in [-0.15, -0.1) is 0 Å². The molecule has 4 nitrogen and oxygen atoms in total. The number of hydrogen-bond donors (Lipinski definition) is 2. The Morgan fingerprint density at radius 2 is 2.10 bits per heavy atom. The van der Waals surface area contributed by atoms with Crippen molar-refractivity contribution in [3.05, 3.63) is 35.1 Å². The Hall–Kier alpha value is -1.90. The number of nitrogens with zero attached hydrogens (tertiary/aromatic N) is 1. The molecule has 1 rings (SSSR count). The molecule has 0 saturated carbocycles. The minimum atomic E-state index is -0.607. The van der Waals surface area contributed by atoms with Crippen molar-refractivity contribution in [3.63, 3.8) is 0 Å². The Morgan fingerprint density at radius 3 is 2.60 bits per heavy atom. The summed E-state index contributed by atoms with van der Waals surface area (Å²) in [4.78, 5) is 13.7. The number of halogens is 1. The summed E-state index contributed by atoms with van der Waals surface area (Å²) in [5, 5.41) is 17.5. The molecule has 0 aliphatic heterocycles. The van der Waals surface area contributed by atoms with Crippen molar-refractivity contribution in [2.75, 3.05) is 19.8 Å². The van der Waals surface area contributed by atoms with E-state index in [4.69, 9.17) is 10.2 Å². The Morgan fingerprint density at radius 1 is 1.40 bits per heavy atom. The van der Waals surface area contributed by atoms with E-state index < -0.39 is 5.82 Å². The van der Waals surface area contributed by atoms with Crippen molar-refractivity contribution in [3.8, 4) is 11.8 Å². The van der Waals surface area contributed by atoms with Gasteiger partial charge in [-0.3, -0.25) is 4.79 Å². The summed E-state index contributed by atoms with van der Waals surface area (Å²) in [6, 6.07) is 3.92. The second kappa shape index (κ2) is 7.63. The van der Waals surface area contributed by atoms with Crippen molar-refractivity contribution < 1.29 is 19.4 Å². The second-order valence-corrected chi connectivity index (χ2v) is 4.47. The monoisotopic (exact) mass is 279 g/mol. The van der Waals surface area contributed by atoms with Crippen LogP contribution in [0.1, 0.15) is 29.8 Å². The average Bonchev–Trinajstić information content (AvgIpc) is 2.42. The van der Waals surface area contributed by atoms with Crippen LogP contribution in [0, 0.1) is 17.7 Å². The standard InChI is InChI=1S/C15H18FNO3/c1-11(2)17(7-9-19)15(20)13-6-5-12(4-3-8-18)14(16)10-13/h5-6,10-11,18-19H,7-9H2,1-2H3. The molecule has 0 heterocycles. The molecule has 2 N–H and O–H groups in total. The van der Waals surface area contributed by atoms with Gasteiger partial charge in [0, 0.05) is 18.2 Å². The Kier molecular flexibility index (Phi) is 6.16. The number of benzene rings is 1. The number of aliphatic hydroxyl groups is 2. The molecule has 0 radical (unpaired) electrons. The first kappa shape index (κ1) is 16.2. The molecule has 5 heteroatoms. The van der Waals surface area contributed by atoms with Crippen molar-refractivity contribution in [2.24, 2.45) is 0 Å². The summed E-state index contributed by atoms with van der Waals surface area (Å²) in [7, 11) is 0. The first-order chi connectivity index (χ1) is 9.51. The second-order valence-electron chi connectivity index (χ2n) is 4.47. The van der Waals surface area contributed by atoms with Crippen LogP contribution in [-0.4, -0.2) is 46.8 Å². The zero-order valence-electron chi connectivity index (χ0n) is 11.6. The number of hydrogen-bond acceptors (Lipinski definition) is 3. The van der Waals surface area contributed by atoms with Gasteiger partial charge in [-0.05, 0) is 32.0 Å². The molecule has 0 atom stereocenters. The predicted molar refractivity (Wildman–Crippen MR) is 73.6 cm³/mol. The Balaban J connectivity index is 3.02. The van der Waals surface area contributed by atoms with Crippen LogP contribution in [0.25, 0.3) is 0 Å². The molecule has 0 fully saturated rings. The molecular formula is C15H18FNO3. The minimum absolute atomic E-state index is 0.0911. The van der Waals surface area contributed by atoms with Gasteiger partial charge in [-0.25, -0.2) is 4.39 Å². The largest absolute Gasteiger partial charge is 0.395 e. The molecule has 0 saturated heterocycles. The van der Waals surface area contributed by atoms with Crippen LogP contribution in [0.2, 0.25) is 0 Å². The Bertz CT molecular complexity index is 532. The van der Waals surface area contributed by atoms with Gasteiger partial charge in [0.05, 0.1) is 12.2 Å². The summed E-state index contributed by atoms with van der Waals surface area (Å²) in [5.41, 5.74) is 0.341. The van der Waals surface area contributed by atoms with Gasteiger partial charge in [-0.1, -0.05) is 11.8 Å². The zero-order chi connectivity index (χ0) is 15.1. The lowest BCUT2D eigenvalue weighted by Crippen LogP contribution is -2.39. The number of amides is 1. The van der Waals surface area contributed by atoms with E-state index in [9.17, 15) is 9.18 Å². The molecule has 0 aromatic heterocycles. The highest BCUT2D eigenvalue weighted by Crippen LogP contribution is 2.13. The van der Waals surface area contributed by atoms with E-state index in [-0.39, 0.29) is 42.8 Å². The van der Waals surface area contributed by atoms with E-state index in [0.29, 0.717) is 0 Å². The summed E-state index contributed by atoms with van der Waals surface area (Å²) >= 11 is 0. The van der Waals surface area contributed by atoms with Crippen molar-refractivity contribution in [1.82, 2.24) is 4.90 Å². The fourth-order valence-corrected chi connectivity index (χ4v) is 1.75. The molecule has 0 aliphatic rings. The van der Waals surface area contributed by atoms with Crippen LogP contribution in [0.5, 0.6) is 0 Å². The number of rotatable bonds is 4. The molecule has 20 heavy (non-hydrogen) atoms. The lowest BCUT2D eigenvalue weighted by molar-refractivity contribution is 0.0665. The third-order valence-corrected chi connectivity index (χ3v) is 2.74. The van der Waals surface area contributed by atoms with Crippen molar-refractivity contribution in [2.45, 2.75) is 19.9 Å². The van der Waals surface area contributed by atoms with Crippen molar-refractivity contribution >= 4 is 5.91 Å². The van der Waals surface area contributed by atoms with Gasteiger partial charge in [0.2, 0.25) is 0 Å². The Labute approximate surface area is 117 Å². The van der Waals surface area contributed by atoms with Gasteiger partial charge >= 0.3 is 0 Å². The number of aliphatic hydroxyl groups excluding tert-OH is 2. The first-order valence-corrected chi connectivity index (χ1v) is 6.32. The average molecular weight is 279 g/mol. The van der Waals surface area contributed by atoms with Crippen molar-refractivity contribution in [1.29, 1.82) is 0 Å².